The Balaban J connectivity index is 2.76. The summed E-state index contributed by atoms with van der Waals surface area (Å²) >= 11 is 4.75. The van der Waals surface area contributed by atoms with Gasteiger partial charge in [0.15, 0.2) is 0 Å². The normalized spacial score (nSPS) is 10.6. The lowest BCUT2D eigenvalue weighted by Gasteiger charge is -2.03. The maximum Gasteiger partial charge on any atom is 0.0565 e. The van der Waals surface area contributed by atoms with Crippen molar-refractivity contribution in [2.45, 2.75) is 32.6 Å². The zero-order chi connectivity index (χ0) is 9.78. The molecule has 0 N–H and O–H groups in total. The summed E-state index contributed by atoms with van der Waals surface area (Å²) in [5.74, 6) is 0.701. The second kappa shape index (κ2) is 12.3. The highest BCUT2D eigenvalue weighted by Crippen LogP contribution is 1.94. The molecule has 0 fully saturated rings. The van der Waals surface area contributed by atoms with E-state index in [0.29, 0.717) is 12.4 Å². The molecule has 0 spiro atoms. The van der Waals surface area contributed by atoms with Crippen molar-refractivity contribution in [2.24, 2.45) is 0 Å². The first kappa shape index (κ1) is 13.3. The third-order valence-corrected chi connectivity index (χ3v) is 1.86. The molecule has 0 heterocycles. The third-order valence-electron chi connectivity index (χ3n) is 1.70. The van der Waals surface area contributed by atoms with Crippen molar-refractivity contribution < 1.29 is 9.47 Å². The first-order chi connectivity index (χ1) is 6.41. The molecular formula is C10H21O2S. The summed E-state index contributed by atoms with van der Waals surface area (Å²) in [6.45, 7) is 5.49. The van der Waals surface area contributed by atoms with Crippen LogP contribution < -0.4 is 0 Å². The molecule has 0 aromatic rings. The first-order valence-corrected chi connectivity index (χ1v) is 5.73. The van der Waals surface area contributed by atoms with Crippen LogP contribution in [-0.2, 0) is 9.47 Å². The summed E-state index contributed by atoms with van der Waals surface area (Å²) in [6.07, 6.45) is 4.57. The van der Waals surface area contributed by atoms with Gasteiger partial charge < -0.3 is 9.47 Å². The highest BCUT2D eigenvalue weighted by atomic mass is 32.1. The topological polar surface area (TPSA) is 18.5 Å². The molecule has 0 saturated carbocycles. The molecule has 0 bridgehead atoms. The molecule has 0 aromatic carbocycles. The maximum absolute atomic E-state index is 5.40. The highest BCUT2D eigenvalue weighted by molar-refractivity contribution is 7.80. The van der Waals surface area contributed by atoms with Crippen LogP contribution in [0.4, 0.5) is 0 Å². The van der Waals surface area contributed by atoms with E-state index >= 15 is 0 Å². The Hall–Kier alpha value is 0.270. The maximum atomic E-state index is 5.40. The molecule has 0 unspecified atom stereocenters. The molecule has 13 heavy (non-hydrogen) atoms. The van der Waals surface area contributed by atoms with Gasteiger partial charge in [-0.3, -0.25) is 0 Å². The van der Waals surface area contributed by atoms with Crippen molar-refractivity contribution in [2.75, 3.05) is 32.2 Å². The minimum atomic E-state index is 0.701. The van der Waals surface area contributed by atoms with Crippen molar-refractivity contribution in [3.8, 4) is 0 Å². The molecule has 0 rings (SSSR count). The Labute approximate surface area is 87.4 Å². The van der Waals surface area contributed by atoms with Gasteiger partial charge >= 0.3 is 0 Å². The van der Waals surface area contributed by atoms with E-state index in [4.69, 9.17) is 22.1 Å². The van der Waals surface area contributed by atoms with Gasteiger partial charge in [-0.1, -0.05) is 26.0 Å². The van der Waals surface area contributed by atoms with Crippen LogP contribution in [0.1, 0.15) is 32.6 Å². The van der Waals surface area contributed by atoms with Gasteiger partial charge in [0.25, 0.3) is 0 Å². The van der Waals surface area contributed by atoms with Gasteiger partial charge in [-0.05, 0) is 19.3 Å². The molecule has 0 aliphatic heterocycles. The van der Waals surface area contributed by atoms with E-state index in [1.165, 1.54) is 12.8 Å². The van der Waals surface area contributed by atoms with Crippen LogP contribution in [0.25, 0.3) is 0 Å². The lowest BCUT2D eigenvalue weighted by Crippen LogP contribution is -2.01. The molecule has 0 aliphatic carbocycles. The SMILES string of the molecule is CCCCOCCCCOCC[S]. The van der Waals surface area contributed by atoms with Crippen molar-refractivity contribution in [1.29, 1.82) is 0 Å². The second-order valence-corrected chi connectivity index (χ2v) is 3.40. The zero-order valence-corrected chi connectivity index (χ0v) is 9.41. The molecule has 0 amide bonds. The molecule has 0 saturated heterocycles. The van der Waals surface area contributed by atoms with E-state index in [2.05, 4.69) is 6.92 Å². The second-order valence-electron chi connectivity index (χ2n) is 2.99. The fraction of sp³-hybridized carbons (Fsp3) is 1.00. The Bertz CT molecular complexity index is 79.0. The quantitative estimate of drug-likeness (QED) is 0.511. The molecule has 1 radical (unpaired) electrons. The van der Waals surface area contributed by atoms with Crippen molar-refractivity contribution in [3.05, 3.63) is 0 Å². The van der Waals surface area contributed by atoms with Gasteiger partial charge in [0.05, 0.1) is 6.61 Å². The third kappa shape index (κ3) is 12.3. The van der Waals surface area contributed by atoms with Crippen LogP contribution in [0.2, 0.25) is 0 Å². The van der Waals surface area contributed by atoms with Crippen molar-refractivity contribution >= 4 is 12.6 Å². The summed E-state index contributed by atoms with van der Waals surface area (Å²) < 4.78 is 10.7. The summed E-state index contributed by atoms with van der Waals surface area (Å²) in [4.78, 5) is 0. The van der Waals surface area contributed by atoms with Crippen LogP contribution >= 0.6 is 12.6 Å². The fourth-order valence-electron chi connectivity index (χ4n) is 0.918. The van der Waals surface area contributed by atoms with E-state index in [1.54, 1.807) is 0 Å². The summed E-state index contributed by atoms with van der Waals surface area (Å²) in [7, 11) is 0. The van der Waals surface area contributed by atoms with Crippen LogP contribution in [0.15, 0.2) is 0 Å². The molecular weight excluding hydrogens is 184 g/mol. The van der Waals surface area contributed by atoms with E-state index < -0.39 is 0 Å². The fourth-order valence-corrected chi connectivity index (χ4v) is 1.04. The predicted octanol–water partition coefficient (Wildman–Crippen LogP) is 2.80. The number of unbranched alkanes of at least 4 members (excludes halogenated alkanes) is 2. The standard InChI is InChI=1S/C10H21O2S/c1-2-3-6-11-7-4-5-8-12-9-10-13/h2-10H2,1H3. The molecule has 79 valence electrons. The van der Waals surface area contributed by atoms with Crippen LogP contribution in [0.5, 0.6) is 0 Å². The van der Waals surface area contributed by atoms with Crippen LogP contribution in [0.3, 0.4) is 0 Å². The van der Waals surface area contributed by atoms with E-state index in [-0.39, 0.29) is 0 Å². The largest absolute Gasteiger partial charge is 0.381 e. The highest BCUT2D eigenvalue weighted by Gasteiger charge is 1.90. The minimum Gasteiger partial charge on any atom is -0.381 e. The van der Waals surface area contributed by atoms with Crippen molar-refractivity contribution in [3.63, 3.8) is 0 Å². The average Bonchev–Trinajstić information content (AvgIpc) is 2.16. The summed E-state index contributed by atoms with van der Waals surface area (Å²) in [5.41, 5.74) is 0. The van der Waals surface area contributed by atoms with Gasteiger partial charge in [-0.15, -0.1) is 0 Å². The Kier molecular flexibility index (Phi) is 12.5. The van der Waals surface area contributed by atoms with Gasteiger partial charge in [-0.25, -0.2) is 0 Å². The van der Waals surface area contributed by atoms with Gasteiger partial charge in [0, 0.05) is 25.6 Å². The lowest BCUT2D eigenvalue weighted by atomic mass is 10.3. The molecule has 0 aliphatic rings. The molecule has 0 aromatic heterocycles. The number of hydrogen-bond donors (Lipinski definition) is 0. The van der Waals surface area contributed by atoms with Gasteiger partial charge in [0.1, 0.15) is 0 Å². The number of ether oxygens (including phenoxy) is 2. The summed E-state index contributed by atoms with van der Waals surface area (Å²) in [5, 5.41) is 0. The van der Waals surface area contributed by atoms with E-state index in [1.807, 2.05) is 0 Å². The first-order valence-electron chi connectivity index (χ1n) is 5.15. The molecule has 3 heteroatoms. The van der Waals surface area contributed by atoms with Gasteiger partial charge in [0.2, 0.25) is 0 Å². The predicted molar refractivity (Wildman–Crippen MR) is 58.2 cm³/mol. The molecule has 0 atom stereocenters. The summed E-state index contributed by atoms with van der Waals surface area (Å²) in [6, 6.07) is 0. The monoisotopic (exact) mass is 205 g/mol. The van der Waals surface area contributed by atoms with Gasteiger partial charge in [-0.2, -0.15) is 0 Å². The van der Waals surface area contributed by atoms with E-state index in [9.17, 15) is 0 Å². The van der Waals surface area contributed by atoms with Crippen LogP contribution in [-0.4, -0.2) is 32.2 Å². The molecule has 2 nitrogen and oxygen atoms in total. The average molecular weight is 205 g/mol. The lowest BCUT2D eigenvalue weighted by molar-refractivity contribution is 0.107. The smallest absolute Gasteiger partial charge is 0.0565 e. The Morgan fingerprint density at radius 3 is 1.92 bits per heavy atom. The minimum absolute atomic E-state index is 0.701. The Morgan fingerprint density at radius 1 is 0.846 bits per heavy atom. The number of hydrogen-bond acceptors (Lipinski definition) is 2. The number of rotatable bonds is 10. The zero-order valence-electron chi connectivity index (χ0n) is 8.59. The van der Waals surface area contributed by atoms with Crippen molar-refractivity contribution in [1.82, 2.24) is 0 Å². The van der Waals surface area contributed by atoms with E-state index in [0.717, 1.165) is 32.7 Å². The van der Waals surface area contributed by atoms with Crippen LogP contribution in [0, 0.1) is 0 Å². The Morgan fingerprint density at radius 2 is 1.38 bits per heavy atom.